The van der Waals surface area contributed by atoms with Gasteiger partial charge in [-0.05, 0) is 55.3 Å². The van der Waals surface area contributed by atoms with Crippen LogP contribution in [0.25, 0.3) is 0 Å². The first-order valence-electron chi connectivity index (χ1n) is 11.0. The van der Waals surface area contributed by atoms with Gasteiger partial charge in [-0.25, -0.2) is 0 Å². The van der Waals surface area contributed by atoms with Crippen molar-refractivity contribution >= 4 is 23.2 Å². The molecule has 1 aliphatic heterocycles. The highest BCUT2D eigenvalue weighted by molar-refractivity contribution is 6.04. The van der Waals surface area contributed by atoms with E-state index in [4.69, 9.17) is 9.47 Å². The Hall–Kier alpha value is -3.02. The van der Waals surface area contributed by atoms with Crippen molar-refractivity contribution in [1.82, 2.24) is 0 Å². The minimum atomic E-state index is -0.410. The molecule has 0 aliphatic carbocycles. The third-order valence-electron chi connectivity index (χ3n) is 5.51. The zero-order chi connectivity index (χ0) is 22.2. The minimum Gasteiger partial charge on any atom is -0.495 e. The number of rotatable bonds is 10. The summed E-state index contributed by atoms with van der Waals surface area (Å²) in [4.78, 5) is 27.0. The molecule has 31 heavy (non-hydrogen) atoms. The molecular formula is C25H32N2O4. The van der Waals surface area contributed by atoms with Gasteiger partial charge in [0.05, 0.1) is 25.3 Å². The van der Waals surface area contributed by atoms with Crippen LogP contribution >= 0.6 is 0 Å². The second kappa shape index (κ2) is 10.8. The molecule has 1 heterocycles. The summed E-state index contributed by atoms with van der Waals surface area (Å²) >= 11 is 0. The summed E-state index contributed by atoms with van der Waals surface area (Å²) in [5.74, 6) is 0.785. The lowest BCUT2D eigenvalue weighted by Crippen LogP contribution is -2.28. The van der Waals surface area contributed by atoms with Crippen molar-refractivity contribution < 1.29 is 19.1 Å². The molecule has 1 unspecified atom stereocenters. The van der Waals surface area contributed by atoms with Crippen LogP contribution in [0.5, 0.6) is 11.5 Å². The van der Waals surface area contributed by atoms with E-state index < -0.39 is 5.92 Å². The van der Waals surface area contributed by atoms with Gasteiger partial charge in [0.2, 0.25) is 11.8 Å². The van der Waals surface area contributed by atoms with E-state index in [1.807, 2.05) is 49.4 Å². The van der Waals surface area contributed by atoms with Crippen molar-refractivity contribution in [3.8, 4) is 11.5 Å². The Morgan fingerprint density at radius 3 is 2.61 bits per heavy atom. The number of hydrogen-bond donors (Lipinski definition) is 1. The molecule has 6 heteroatoms. The van der Waals surface area contributed by atoms with Gasteiger partial charge in [0.15, 0.2) is 0 Å². The molecule has 3 rings (SSSR count). The number of unbranched alkanes of at least 4 members (excludes halogenated alkanes) is 3. The van der Waals surface area contributed by atoms with Crippen molar-refractivity contribution in [2.75, 3.05) is 30.5 Å². The van der Waals surface area contributed by atoms with E-state index in [1.54, 1.807) is 12.0 Å². The molecule has 0 spiro atoms. The fraction of sp³-hybridized carbons (Fsp3) is 0.440. The molecule has 2 aromatic carbocycles. The van der Waals surface area contributed by atoms with E-state index >= 15 is 0 Å². The number of carbonyl (C=O) groups is 2. The number of nitrogens with zero attached hydrogens (tertiary/aromatic N) is 1. The van der Waals surface area contributed by atoms with Crippen LogP contribution < -0.4 is 19.7 Å². The van der Waals surface area contributed by atoms with Gasteiger partial charge < -0.3 is 19.7 Å². The van der Waals surface area contributed by atoms with Crippen LogP contribution in [-0.2, 0) is 9.59 Å². The predicted octanol–water partition coefficient (Wildman–Crippen LogP) is 4.95. The van der Waals surface area contributed by atoms with Crippen molar-refractivity contribution in [2.24, 2.45) is 5.92 Å². The summed E-state index contributed by atoms with van der Waals surface area (Å²) in [5, 5.41) is 2.92. The zero-order valence-electron chi connectivity index (χ0n) is 18.6. The Kier molecular flexibility index (Phi) is 7.93. The first-order chi connectivity index (χ1) is 15.0. The van der Waals surface area contributed by atoms with Crippen LogP contribution in [0.2, 0.25) is 0 Å². The number of nitrogens with one attached hydrogen (secondary N) is 1. The SMILES string of the molecule is CCCCCCOc1ccc(NC(=O)C2CC(=O)N(c3cc(C)ccc3OC)C2)cc1. The number of hydrogen-bond acceptors (Lipinski definition) is 4. The monoisotopic (exact) mass is 424 g/mol. The first-order valence-corrected chi connectivity index (χ1v) is 11.0. The van der Waals surface area contributed by atoms with E-state index in [0.717, 1.165) is 17.7 Å². The summed E-state index contributed by atoms with van der Waals surface area (Å²) in [6.45, 7) is 5.19. The maximum atomic E-state index is 12.8. The standard InChI is InChI=1S/C25H32N2O4/c1-4-5-6-7-14-31-21-11-9-20(10-12-21)26-25(29)19-16-24(28)27(17-19)22-15-18(2)8-13-23(22)30-3/h8-13,15,19H,4-7,14,16-17H2,1-3H3,(H,26,29). The molecule has 2 amide bonds. The summed E-state index contributed by atoms with van der Waals surface area (Å²) in [7, 11) is 1.58. The maximum Gasteiger partial charge on any atom is 0.229 e. The van der Waals surface area contributed by atoms with Gasteiger partial charge in [-0.15, -0.1) is 0 Å². The molecule has 1 atom stereocenters. The summed E-state index contributed by atoms with van der Waals surface area (Å²) in [6, 6.07) is 13.1. The van der Waals surface area contributed by atoms with Gasteiger partial charge >= 0.3 is 0 Å². The lowest BCUT2D eigenvalue weighted by molar-refractivity contribution is -0.122. The molecule has 0 saturated carbocycles. The molecule has 1 aliphatic rings. The predicted molar refractivity (Wildman–Crippen MR) is 123 cm³/mol. The molecule has 1 fully saturated rings. The molecule has 2 aromatic rings. The zero-order valence-corrected chi connectivity index (χ0v) is 18.6. The van der Waals surface area contributed by atoms with E-state index in [9.17, 15) is 9.59 Å². The second-order valence-corrected chi connectivity index (χ2v) is 8.00. The topological polar surface area (TPSA) is 67.9 Å². The second-order valence-electron chi connectivity index (χ2n) is 8.00. The number of ether oxygens (including phenoxy) is 2. The maximum absolute atomic E-state index is 12.8. The van der Waals surface area contributed by atoms with Crippen LogP contribution in [0.3, 0.4) is 0 Å². The number of carbonyl (C=O) groups excluding carboxylic acids is 2. The van der Waals surface area contributed by atoms with Crippen LogP contribution in [0, 0.1) is 12.8 Å². The smallest absolute Gasteiger partial charge is 0.229 e. The van der Waals surface area contributed by atoms with Gasteiger partial charge in [0.1, 0.15) is 11.5 Å². The normalized spacial score (nSPS) is 15.8. The molecule has 0 radical (unpaired) electrons. The molecular weight excluding hydrogens is 392 g/mol. The van der Waals surface area contributed by atoms with Crippen LogP contribution in [0.15, 0.2) is 42.5 Å². The highest BCUT2D eigenvalue weighted by Crippen LogP contribution is 2.34. The summed E-state index contributed by atoms with van der Waals surface area (Å²) < 4.78 is 11.1. The van der Waals surface area contributed by atoms with Crippen molar-refractivity contribution in [3.63, 3.8) is 0 Å². The third-order valence-corrected chi connectivity index (χ3v) is 5.51. The van der Waals surface area contributed by atoms with Gasteiger partial charge in [-0.1, -0.05) is 32.3 Å². The molecule has 1 N–H and O–H groups in total. The summed E-state index contributed by atoms with van der Waals surface area (Å²) in [6.07, 6.45) is 4.84. The molecule has 6 nitrogen and oxygen atoms in total. The first kappa shape index (κ1) is 22.7. The highest BCUT2D eigenvalue weighted by Gasteiger charge is 2.36. The fourth-order valence-corrected chi connectivity index (χ4v) is 3.72. The van der Waals surface area contributed by atoms with Crippen molar-refractivity contribution in [1.29, 1.82) is 0 Å². The number of benzene rings is 2. The lowest BCUT2D eigenvalue weighted by atomic mass is 10.1. The Morgan fingerprint density at radius 1 is 1.13 bits per heavy atom. The Balaban J connectivity index is 1.55. The van der Waals surface area contributed by atoms with E-state index in [2.05, 4.69) is 12.2 Å². The van der Waals surface area contributed by atoms with Crippen LogP contribution in [0.4, 0.5) is 11.4 Å². The average molecular weight is 425 g/mol. The molecule has 166 valence electrons. The molecule has 1 saturated heterocycles. The van der Waals surface area contributed by atoms with Gasteiger partial charge in [0.25, 0.3) is 0 Å². The number of amides is 2. The molecule has 0 aromatic heterocycles. The quantitative estimate of drug-likeness (QED) is 0.548. The summed E-state index contributed by atoms with van der Waals surface area (Å²) in [5.41, 5.74) is 2.44. The van der Waals surface area contributed by atoms with Gasteiger partial charge in [-0.3, -0.25) is 9.59 Å². The van der Waals surface area contributed by atoms with Crippen molar-refractivity contribution in [2.45, 2.75) is 46.0 Å². The number of aryl methyl sites for hydroxylation is 1. The number of anilines is 2. The number of methoxy groups -OCH3 is 1. The van der Waals surface area contributed by atoms with Gasteiger partial charge in [0, 0.05) is 18.7 Å². The van der Waals surface area contributed by atoms with E-state index in [-0.39, 0.29) is 18.2 Å². The van der Waals surface area contributed by atoms with E-state index in [1.165, 1.54) is 19.3 Å². The van der Waals surface area contributed by atoms with Crippen LogP contribution in [0.1, 0.15) is 44.6 Å². The Labute approximate surface area is 184 Å². The largest absolute Gasteiger partial charge is 0.495 e. The molecule has 0 bridgehead atoms. The van der Waals surface area contributed by atoms with Gasteiger partial charge in [-0.2, -0.15) is 0 Å². The average Bonchev–Trinajstić information content (AvgIpc) is 3.16. The van der Waals surface area contributed by atoms with Crippen LogP contribution in [-0.4, -0.2) is 32.1 Å². The fourth-order valence-electron chi connectivity index (χ4n) is 3.72. The van der Waals surface area contributed by atoms with E-state index in [0.29, 0.717) is 30.3 Å². The van der Waals surface area contributed by atoms with Crippen molar-refractivity contribution in [3.05, 3.63) is 48.0 Å². The highest BCUT2D eigenvalue weighted by atomic mass is 16.5. The minimum absolute atomic E-state index is 0.0733. The Morgan fingerprint density at radius 2 is 1.90 bits per heavy atom. The lowest BCUT2D eigenvalue weighted by Gasteiger charge is -2.20. The third kappa shape index (κ3) is 6.00. The Bertz CT molecular complexity index is 895.